The average molecular weight is 340 g/mol. The molecule has 3 rings (SSSR count). The molecule has 0 unspecified atom stereocenters. The minimum absolute atomic E-state index is 0.308. The molecule has 24 heavy (non-hydrogen) atoms. The van der Waals surface area contributed by atoms with Gasteiger partial charge in [-0.1, -0.05) is 6.07 Å². The third kappa shape index (κ3) is 3.55. The number of pyridine rings is 1. The number of carbonyl (C=O) groups is 1. The quantitative estimate of drug-likeness (QED) is 0.706. The van der Waals surface area contributed by atoms with E-state index in [4.69, 9.17) is 4.74 Å². The van der Waals surface area contributed by atoms with Crippen LogP contribution in [0.4, 0.5) is 5.69 Å². The van der Waals surface area contributed by atoms with Gasteiger partial charge in [-0.3, -0.25) is 4.98 Å². The van der Waals surface area contributed by atoms with Gasteiger partial charge in [-0.2, -0.15) is 0 Å². The fraction of sp³-hybridized carbons (Fsp3) is 0.111. The smallest absolute Gasteiger partial charge is 0.346 e. The molecule has 3 aromatic rings. The van der Waals surface area contributed by atoms with Gasteiger partial charge in [0.1, 0.15) is 10.6 Å². The standard InChI is InChI=1S/C18H16N2O3S/c1-23-14-7-5-12(6-8-14)19-11-13-3-2-4-16(20-13)15-9-10-24-17(15)18(21)22/h2-10,19H,11H2,1H3,(H,21,22). The number of anilines is 1. The van der Waals surface area contributed by atoms with Crippen LogP contribution in [-0.4, -0.2) is 23.2 Å². The van der Waals surface area contributed by atoms with Gasteiger partial charge in [0.15, 0.2) is 0 Å². The molecule has 5 nitrogen and oxygen atoms in total. The number of hydrogen-bond acceptors (Lipinski definition) is 5. The van der Waals surface area contributed by atoms with Crippen molar-refractivity contribution in [3.63, 3.8) is 0 Å². The Morgan fingerprint density at radius 1 is 1.21 bits per heavy atom. The summed E-state index contributed by atoms with van der Waals surface area (Å²) < 4.78 is 5.13. The molecule has 2 aromatic heterocycles. The zero-order chi connectivity index (χ0) is 16.9. The van der Waals surface area contributed by atoms with Gasteiger partial charge >= 0.3 is 5.97 Å². The molecular formula is C18H16N2O3S. The maximum Gasteiger partial charge on any atom is 0.346 e. The zero-order valence-corrected chi connectivity index (χ0v) is 13.8. The Kier molecular flexibility index (Phi) is 4.77. The van der Waals surface area contributed by atoms with Gasteiger partial charge in [-0.15, -0.1) is 11.3 Å². The molecule has 0 aliphatic carbocycles. The third-order valence-electron chi connectivity index (χ3n) is 3.51. The van der Waals surface area contributed by atoms with E-state index in [1.165, 1.54) is 11.3 Å². The molecule has 122 valence electrons. The van der Waals surface area contributed by atoms with Crippen LogP contribution < -0.4 is 10.1 Å². The highest BCUT2D eigenvalue weighted by atomic mass is 32.1. The lowest BCUT2D eigenvalue weighted by atomic mass is 10.1. The normalized spacial score (nSPS) is 10.4. The van der Waals surface area contributed by atoms with Gasteiger partial charge in [0.2, 0.25) is 0 Å². The van der Waals surface area contributed by atoms with Crippen molar-refractivity contribution in [3.8, 4) is 17.0 Å². The summed E-state index contributed by atoms with van der Waals surface area (Å²) in [6, 6.07) is 15.0. The van der Waals surface area contributed by atoms with E-state index < -0.39 is 5.97 Å². The number of hydrogen-bond donors (Lipinski definition) is 2. The Balaban J connectivity index is 1.75. The number of nitrogens with zero attached hydrogens (tertiary/aromatic N) is 1. The fourth-order valence-corrected chi connectivity index (χ4v) is 3.05. The fourth-order valence-electron chi connectivity index (χ4n) is 2.31. The SMILES string of the molecule is COc1ccc(NCc2cccc(-c3ccsc3C(=O)O)n2)cc1. The topological polar surface area (TPSA) is 71.5 Å². The van der Waals surface area contributed by atoms with Crippen molar-refractivity contribution in [3.05, 3.63) is 64.5 Å². The van der Waals surface area contributed by atoms with Gasteiger partial charge in [-0.25, -0.2) is 4.79 Å². The summed E-state index contributed by atoms with van der Waals surface area (Å²) in [4.78, 5) is 16.1. The number of aromatic nitrogens is 1. The van der Waals surface area contributed by atoms with Crippen LogP contribution in [0.1, 0.15) is 15.4 Å². The van der Waals surface area contributed by atoms with Gasteiger partial charge in [0.25, 0.3) is 0 Å². The molecule has 2 heterocycles. The van der Waals surface area contributed by atoms with Crippen LogP contribution in [0, 0.1) is 0 Å². The number of methoxy groups -OCH3 is 1. The summed E-state index contributed by atoms with van der Waals surface area (Å²) in [5.41, 5.74) is 3.12. The monoisotopic (exact) mass is 340 g/mol. The Morgan fingerprint density at radius 2 is 2.00 bits per heavy atom. The minimum atomic E-state index is -0.927. The Bertz CT molecular complexity index is 843. The molecule has 6 heteroatoms. The van der Waals surface area contributed by atoms with E-state index in [0.29, 0.717) is 22.7 Å². The van der Waals surface area contributed by atoms with Crippen LogP contribution in [0.5, 0.6) is 5.75 Å². The number of aromatic carboxylic acids is 1. The average Bonchev–Trinajstić information content (AvgIpc) is 3.11. The van der Waals surface area contributed by atoms with E-state index in [1.807, 2.05) is 42.5 Å². The van der Waals surface area contributed by atoms with Gasteiger partial charge in [0, 0.05) is 11.3 Å². The summed E-state index contributed by atoms with van der Waals surface area (Å²) in [6.45, 7) is 0.548. The van der Waals surface area contributed by atoms with Crippen LogP contribution in [0.25, 0.3) is 11.3 Å². The highest BCUT2D eigenvalue weighted by Crippen LogP contribution is 2.27. The van der Waals surface area contributed by atoms with Crippen LogP contribution in [-0.2, 0) is 6.54 Å². The summed E-state index contributed by atoms with van der Waals surface area (Å²) in [5.74, 6) is -0.122. The minimum Gasteiger partial charge on any atom is -0.497 e. The van der Waals surface area contributed by atoms with Crippen molar-refractivity contribution >= 4 is 23.0 Å². The molecule has 0 aliphatic heterocycles. The number of nitrogens with one attached hydrogen (secondary N) is 1. The first kappa shape index (κ1) is 16.0. The first-order valence-electron chi connectivity index (χ1n) is 7.32. The highest BCUT2D eigenvalue weighted by Gasteiger charge is 2.14. The second-order valence-corrected chi connectivity index (χ2v) is 5.98. The molecule has 0 amide bonds. The first-order chi connectivity index (χ1) is 11.7. The van der Waals surface area contributed by atoms with Crippen molar-refractivity contribution in [1.29, 1.82) is 0 Å². The number of carboxylic acid groups (broad SMARTS) is 1. The van der Waals surface area contributed by atoms with Crippen LogP contribution in [0.2, 0.25) is 0 Å². The molecule has 0 atom stereocenters. The Labute approximate surface area is 143 Å². The van der Waals surface area contributed by atoms with Crippen molar-refractivity contribution < 1.29 is 14.6 Å². The first-order valence-corrected chi connectivity index (χ1v) is 8.20. The molecule has 0 saturated heterocycles. The van der Waals surface area contributed by atoms with Crippen LogP contribution in [0.15, 0.2) is 53.9 Å². The molecule has 1 aromatic carbocycles. The van der Waals surface area contributed by atoms with E-state index in [0.717, 1.165) is 17.1 Å². The lowest BCUT2D eigenvalue weighted by Crippen LogP contribution is -2.03. The Morgan fingerprint density at radius 3 is 2.71 bits per heavy atom. The molecule has 0 radical (unpaired) electrons. The number of ether oxygens (including phenoxy) is 1. The number of rotatable bonds is 6. The van der Waals surface area contributed by atoms with E-state index in [9.17, 15) is 9.90 Å². The molecule has 0 spiro atoms. The van der Waals surface area contributed by atoms with Crippen molar-refractivity contribution in [1.82, 2.24) is 4.98 Å². The molecular weight excluding hydrogens is 324 g/mol. The predicted octanol–water partition coefficient (Wildman–Crippen LogP) is 4.13. The maximum atomic E-state index is 11.3. The second-order valence-electron chi connectivity index (χ2n) is 5.06. The van der Waals surface area contributed by atoms with E-state index in [2.05, 4.69) is 10.3 Å². The molecule has 0 fully saturated rings. The summed E-state index contributed by atoms with van der Waals surface area (Å²) in [5, 5.41) is 14.3. The third-order valence-corrected chi connectivity index (χ3v) is 4.41. The summed E-state index contributed by atoms with van der Waals surface area (Å²) in [7, 11) is 1.63. The molecule has 0 bridgehead atoms. The molecule has 0 aliphatic rings. The predicted molar refractivity (Wildman–Crippen MR) is 94.8 cm³/mol. The lowest BCUT2D eigenvalue weighted by Gasteiger charge is -2.08. The van der Waals surface area contributed by atoms with E-state index in [1.54, 1.807) is 18.6 Å². The summed E-state index contributed by atoms with van der Waals surface area (Å²) >= 11 is 1.21. The molecule has 0 saturated carbocycles. The number of carboxylic acids is 1. The van der Waals surface area contributed by atoms with E-state index in [-0.39, 0.29) is 0 Å². The largest absolute Gasteiger partial charge is 0.497 e. The maximum absolute atomic E-state index is 11.3. The van der Waals surface area contributed by atoms with Gasteiger partial charge < -0.3 is 15.2 Å². The second kappa shape index (κ2) is 7.14. The lowest BCUT2D eigenvalue weighted by molar-refractivity contribution is 0.0703. The Hall–Kier alpha value is -2.86. The number of thiophene rings is 1. The van der Waals surface area contributed by atoms with E-state index >= 15 is 0 Å². The van der Waals surface area contributed by atoms with Crippen molar-refractivity contribution in [2.24, 2.45) is 0 Å². The number of benzene rings is 1. The summed E-state index contributed by atoms with van der Waals surface area (Å²) in [6.07, 6.45) is 0. The molecule has 2 N–H and O–H groups in total. The van der Waals surface area contributed by atoms with Gasteiger partial charge in [-0.05, 0) is 47.8 Å². The zero-order valence-electron chi connectivity index (χ0n) is 13.0. The van der Waals surface area contributed by atoms with Crippen LogP contribution in [0.3, 0.4) is 0 Å². The van der Waals surface area contributed by atoms with Crippen LogP contribution >= 0.6 is 11.3 Å². The van der Waals surface area contributed by atoms with Crippen molar-refractivity contribution in [2.45, 2.75) is 6.54 Å². The highest BCUT2D eigenvalue weighted by molar-refractivity contribution is 7.12. The van der Waals surface area contributed by atoms with Crippen molar-refractivity contribution in [2.75, 3.05) is 12.4 Å². The van der Waals surface area contributed by atoms with Gasteiger partial charge in [0.05, 0.1) is 25.0 Å².